The molecule has 1 atom stereocenters. The van der Waals surface area contributed by atoms with E-state index >= 15 is 0 Å². The van der Waals surface area contributed by atoms with Gasteiger partial charge in [0.25, 0.3) is 0 Å². The standard InChI is InChI=1S/C29H30N6.ClH/c30-18-23-6-8-25(9-7-23)21-35-22-32-20-28(35)29(33-19-24-10-14-31-15-11-24)26-12-16-34(17-13-26)27-4-2-1-3-5-27;/h1-11,14-15,20,22,26,29,33H,12-13,16-17,19,21H2;1H. The SMILES string of the molecule is Cl.N#Cc1ccc(Cn2cncc2C(NCc2ccncc2)C2CCN(c3ccccc3)CC2)cc1. The van der Waals surface area contributed by atoms with Crippen molar-refractivity contribution in [2.24, 2.45) is 5.92 Å². The van der Waals surface area contributed by atoms with E-state index < -0.39 is 0 Å². The van der Waals surface area contributed by atoms with Crippen LogP contribution >= 0.6 is 12.4 Å². The van der Waals surface area contributed by atoms with Gasteiger partial charge in [-0.1, -0.05) is 30.3 Å². The number of anilines is 1. The zero-order valence-corrected chi connectivity index (χ0v) is 21.0. The van der Waals surface area contributed by atoms with Gasteiger partial charge in [0.15, 0.2) is 0 Å². The summed E-state index contributed by atoms with van der Waals surface area (Å²) in [6.07, 6.45) is 9.86. The third-order valence-electron chi connectivity index (χ3n) is 6.91. The van der Waals surface area contributed by atoms with E-state index in [1.165, 1.54) is 16.9 Å². The van der Waals surface area contributed by atoms with E-state index in [-0.39, 0.29) is 18.4 Å². The van der Waals surface area contributed by atoms with Crippen LogP contribution in [0.5, 0.6) is 0 Å². The third kappa shape index (κ3) is 6.12. The molecule has 36 heavy (non-hydrogen) atoms. The predicted molar refractivity (Wildman–Crippen MR) is 145 cm³/mol. The van der Waals surface area contributed by atoms with Crippen LogP contribution in [0.15, 0.2) is 91.6 Å². The number of hydrogen-bond acceptors (Lipinski definition) is 5. The summed E-state index contributed by atoms with van der Waals surface area (Å²) in [6, 6.07) is 25.0. The predicted octanol–water partition coefficient (Wildman–Crippen LogP) is 5.37. The fraction of sp³-hybridized carbons (Fsp3) is 0.276. The molecule has 6 nitrogen and oxygen atoms in total. The van der Waals surface area contributed by atoms with Crippen molar-refractivity contribution in [1.82, 2.24) is 19.9 Å². The number of nitrogens with one attached hydrogen (secondary N) is 1. The Kier molecular flexibility index (Phi) is 8.72. The first-order valence-electron chi connectivity index (χ1n) is 12.2. The number of para-hydroxylation sites is 1. The molecule has 1 N–H and O–H groups in total. The molecule has 1 aliphatic rings. The number of piperidine rings is 1. The maximum Gasteiger partial charge on any atom is 0.0991 e. The summed E-state index contributed by atoms with van der Waals surface area (Å²) in [4.78, 5) is 11.2. The average Bonchev–Trinajstić information content (AvgIpc) is 3.38. The molecule has 0 saturated carbocycles. The van der Waals surface area contributed by atoms with Gasteiger partial charge in [0.2, 0.25) is 0 Å². The summed E-state index contributed by atoms with van der Waals surface area (Å²) < 4.78 is 2.25. The second-order valence-electron chi connectivity index (χ2n) is 9.13. The average molecular weight is 499 g/mol. The molecule has 5 rings (SSSR count). The van der Waals surface area contributed by atoms with Gasteiger partial charge in [0, 0.05) is 50.5 Å². The molecule has 7 heteroatoms. The molecule has 1 aliphatic heterocycles. The van der Waals surface area contributed by atoms with Crippen molar-refractivity contribution in [2.75, 3.05) is 18.0 Å². The van der Waals surface area contributed by atoms with Gasteiger partial charge in [-0.3, -0.25) is 4.98 Å². The normalized spacial score (nSPS) is 14.6. The van der Waals surface area contributed by atoms with Crippen molar-refractivity contribution in [3.8, 4) is 6.07 Å². The Morgan fingerprint density at radius 1 is 0.917 bits per heavy atom. The molecule has 2 aromatic heterocycles. The van der Waals surface area contributed by atoms with Crippen molar-refractivity contribution >= 4 is 18.1 Å². The summed E-state index contributed by atoms with van der Waals surface area (Å²) >= 11 is 0. The molecule has 3 heterocycles. The van der Waals surface area contributed by atoms with E-state index in [1.54, 1.807) is 0 Å². The minimum absolute atomic E-state index is 0. The summed E-state index contributed by atoms with van der Waals surface area (Å²) in [5.74, 6) is 0.508. The van der Waals surface area contributed by atoms with Crippen LogP contribution in [0, 0.1) is 17.2 Å². The van der Waals surface area contributed by atoms with Gasteiger partial charge in [-0.15, -0.1) is 12.4 Å². The maximum atomic E-state index is 9.11. The summed E-state index contributed by atoms with van der Waals surface area (Å²) in [7, 11) is 0. The highest BCUT2D eigenvalue weighted by Gasteiger charge is 2.29. The number of pyridine rings is 1. The van der Waals surface area contributed by atoms with Gasteiger partial charge in [-0.25, -0.2) is 4.98 Å². The Morgan fingerprint density at radius 3 is 2.33 bits per heavy atom. The Labute approximate surface area is 219 Å². The van der Waals surface area contributed by atoms with Gasteiger partial charge in [0.1, 0.15) is 0 Å². The number of nitriles is 1. The third-order valence-corrected chi connectivity index (χ3v) is 6.91. The highest BCUT2D eigenvalue weighted by Crippen LogP contribution is 2.33. The molecular weight excluding hydrogens is 468 g/mol. The quantitative estimate of drug-likeness (QED) is 0.354. The van der Waals surface area contributed by atoms with E-state index in [0.29, 0.717) is 11.5 Å². The van der Waals surface area contributed by atoms with E-state index in [0.717, 1.165) is 44.6 Å². The number of aromatic nitrogens is 3. The number of imidazole rings is 1. The van der Waals surface area contributed by atoms with E-state index in [4.69, 9.17) is 5.26 Å². The van der Waals surface area contributed by atoms with E-state index in [1.807, 2.05) is 49.2 Å². The topological polar surface area (TPSA) is 69.8 Å². The van der Waals surface area contributed by atoms with Crippen LogP contribution < -0.4 is 10.2 Å². The summed E-state index contributed by atoms with van der Waals surface area (Å²) in [6.45, 7) is 3.61. The number of benzene rings is 2. The van der Waals surface area contributed by atoms with Crippen LogP contribution in [0.2, 0.25) is 0 Å². The lowest BCUT2D eigenvalue weighted by molar-refractivity contribution is 0.288. The zero-order valence-electron chi connectivity index (χ0n) is 20.2. The number of hydrogen-bond donors (Lipinski definition) is 1. The highest BCUT2D eigenvalue weighted by molar-refractivity contribution is 5.85. The minimum atomic E-state index is 0. The van der Waals surface area contributed by atoms with Gasteiger partial charge in [0.05, 0.1) is 29.7 Å². The molecule has 0 bridgehead atoms. The molecular formula is C29H31ClN6. The molecule has 184 valence electrons. The lowest BCUT2D eigenvalue weighted by Gasteiger charge is -2.38. The number of halogens is 1. The van der Waals surface area contributed by atoms with Gasteiger partial charge >= 0.3 is 0 Å². The first kappa shape index (κ1) is 25.4. The van der Waals surface area contributed by atoms with Gasteiger partial charge < -0.3 is 14.8 Å². The largest absolute Gasteiger partial charge is 0.372 e. The van der Waals surface area contributed by atoms with Gasteiger partial charge in [-0.05, 0) is 66.3 Å². The van der Waals surface area contributed by atoms with Crippen LogP contribution in [0.25, 0.3) is 0 Å². The first-order chi connectivity index (χ1) is 17.3. The summed E-state index contributed by atoms with van der Waals surface area (Å²) in [5, 5.41) is 13.0. The molecule has 4 aromatic rings. The lowest BCUT2D eigenvalue weighted by Crippen LogP contribution is -2.39. The monoisotopic (exact) mass is 498 g/mol. The minimum Gasteiger partial charge on any atom is -0.372 e. The van der Waals surface area contributed by atoms with Crippen LogP contribution in [0.3, 0.4) is 0 Å². The highest BCUT2D eigenvalue weighted by atomic mass is 35.5. The smallest absolute Gasteiger partial charge is 0.0991 e. The Hall–Kier alpha value is -3.66. The fourth-order valence-corrected chi connectivity index (χ4v) is 4.97. The molecule has 1 unspecified atom stereocenters. The van der Waals surface area contributed by atoms with Crippen LogP contribution in [-0.2, 0) is 13.1 Å². The molecule has 0 radical (unpaired) electrons. The van der Waals surface area contributed by atoms with E-state index in [2.05, 4.69) is 73.3 Å². The fourth-order valence-electron chi connectivity index (χ4n) is 4.97. The first-order valence-corrected chi connectivity index (χ1v) is 12.2. The number of rotatable bonds is 8. The Balaban J connectivity index is 0.00000304. The summed E-state index contributed by atoms with van der Waals surface area (Å²) in [5.41, 5.74) is 5.58. The lowest BCUT2D eigenvalue weighted by atomic mass is 9.87. The van der Waals surface area contributed by atoms with Crippen molar-refractivity contribution in [2.45, 2.75) is 32.0 Å². The van der Waals surface area contributed by atoms with Crippen LogP contribution in [-0.4, -0.2) is 27.6 Å². The molecule has 1 saturated heterocycles. The van der Waals surface area contributed by atoms with Crippen LogP contribution in [0.4, 0.5) is 5.69 Å². The Morgan fingerprint density at radius 2 is 1.64 bits per heavy atom. The van der Waals surface area contributed by atoms with Gasteiger partial charge in [-0.2, -0.15) is 5.26 Å². The second-order valence-corrected chi connectivity index (χ2v) is 9.13. The molecule has 2 aromatic carbocycles. The molecule has 0 amide bonds. The molecule has 0 aliphatic carbocycles. The number of nitrogens with zero attached hydrogens (tertiary/aromatic N) is 5. The second kappa shape index (κ2) is 12.3. The molecule has 0 spiro atoms. The van der Waals surface area contributed by atoms with Crippen LogP contribution in [0.1, 0.15) is 41.3 Å². The van der Waals surface area contributed by atoms with Crippen molar-refractivity contribution in [3.63, 3.8) is 0 Å². The van der Waals surface area contributed by atoms with Crippen molar-refractivity contribution in [3.05, 3.63) is 114 Å². The van der Waals surface area contributed by atoms with Crippen molar-refractivity contribution < 1.29 is 0 Å². The Bertz CT molecular complexity index is 1240. The maximum absolute atomic E-state index is 9.11. The van der Waals surface area contributed by atoms with Crippen molar-refractivity contribution in [1.29, 1.82) is 5.26 Å². The van der Waals surface area contributed by atoms with E-state index in [9.17, 15) is 0 Å². The molecule has 1 fully saturated rings. The zero-order chi connectivity index (χ0) is 23.9.